The number of thioether (sulfide) groups is 1. The molecule has 4 aromatic rings. The number of nitrogens with zero attached hydrogens (tertiary/aromatic N) is 7. The topological polar surface area (TPSA) is 83.5 Å². The summed E-state index contributed by atoms with van der Waals surface area (Å²) in [4.78, 5) is 0. The highest BCUT2D eigenvalue weighted by molar-refractivity contribution is 7.99. The fourth-order valence-corrected chi connectivity index (χ4v) is 4.05. The Kier molecular flexibility index (Phi) is 5.89. The summed E-state index contributed by atoms with van der Waals surface area (Å²) < 4.78 is 9.26. The minimum atomic E-state index is -0.0570. The fraction of sp³-hybridized carbons (Fsp3) is 0.190. The molecule has 2 heterocycles. The van der Waals surface area contributed by atoms with Crippen molar-refractivity contribution >= 4 is 11.8 Å². The number of aromatic nitrogens is 7. The van der Waals surface area contributed by atoms with Gasteiger partial charge in [0, 0.05) is 6.54 Å². The second-order valence-electron chi connectivity index (χ2n) is 6.45. The summed E-state index contributed by atoms with van der Waals surface area (Å²) in [6, 6.07) is 17.6. The van der Waals surface area contributed by atoms with Crippen LogP contribution < -0.4 is 4.74 Å². The number of allylic oxidation sites excluding steroid dienone is 1. The van der Waals surface area contributed by atoms with Crippen LogP contribution in [0.2, 0.25) is 0 Å². The van der Waals surface area contributed by atoms with Gasteiger partial charge >= 0.3 is 0 Å². The van der Waals surface area contributed by atoms with E-state index >= 15 is 0 Å². The molecule has 0 aliphatic heterocycles. The summed E-state index contributed by atoms with van der Waals surface area (Å²) in [5.41, 5.74) is 1.79. The molecule has 0 aliphatic carbocycles. The molecule has 0 saturated carbocycles. The maximum absolute atomic E-state index is 5.50. The van der Waals surface area contributed by atoms with Gasteiger partial charge in [-0.15, -0.1) is 21.9 Å². The molecule has 0 fully saturated rings. The van der Waals surface area contributed by atoms with E-state index < -0.39 is 0 Å². The van der Waals surface area contributed by atoms with Crippen molar-refractivity contribution in [2.45, 2.75) is 23.9 Å². The number of methoxy groups -OCH3 is 1. The van der Waals surface area contributed by atoms with Crippen molar-refractivity contribution in [2.24, 2.45) is 0 Å². The minimum absolute atomic E-state index is 0.0570. The van der Waals surface area contributed by atoms with Gasteiger partial charge in [-0.3, -0.25) is 4.57 Å². The summed E-state index contributed by atoms with van der Waals surface area (Å²) in [7, 11) is 1.65. The predicted octanol–water partition coefficient (Wildman–Crippen LogP) is 3.97. The van der Waals surface area contributed by atoms with E-state index in [9.17, 15) is 0 Å². The van der Waals surface area contributed by atoms with Crippen LogP contribution in [0, 0.1) is 0 Å². The largest absolute Gasteiger partial charge is 0.496 e. The van der Waals surface area contributed by atoms with E-state index in [4.69, 9.17) is 4.74 Å². The van der Waals surface area contributed by atoms with E-state index in [2.05, 4.69) is 32.3 Å². The van der Waals surface area contributed by atoms with Crippen molar-refractivity contribution < 1.29 is 4.74 Å². The Morgan fingerprint density at radius 1 is 1.07 bits per heavy atom. The molecule has 2 aromatic carbocycles. The molecule has 0 amide bonds. The van der Waals surface area contributed by atoms with Gasteiger partial charge in [0.1, 0.15) is 5.75 Å². The van der Waals surface area contributed by atoms with Crippen LogP contribution in [0.4, 0.5) is 0 Å². The molecule has 1 atom stereocenters. The van der Waals surface area contributed by atoms with E-state index in [-0.39, 0.29) is 5.25 Å². The lowest BCUT2D eigenvalue weighted by atomic mass is 10.2. The van der Waals surface area contributed by atoms with E-state index in [1.165, 1.54) is 0 Å². The first-order chi connectivity index (χ1) is 14.7. The van der Waals surface area contributed by atoms with Gasteiger partial charge in [-0.2, -0.15) is 4.68 Å². The van der Waals surface area contributed by atoms with E-state index in [0.29, 0.717) is 6.54 Å². The maximum atomic E-state index is 5.50. The second-order valence-corrected chi connectivity index (χ2v) is 7.76. The molecule has 2 aromatic heterocycles. The van der Waals surface area contributed by atoms with Crippen molar-refractivity contribution in [3.05, 3.63) is 73.1 Å². The quantitative estimate of drug-likeness (QED) is 0.316. The molecule has 0 saturated heterocycles. The number of benzene rings is 2. The van der Waals surface area contributed by atoms with Crippen molar-refractivity contribution in [2.75, 3.05) is 7.11 Å². The normalized spacial score (nSPS) is 11.9. The molecule has 0 N–H and O–H groups in total. The number of rotatable bonds is 8. The van der Waals surface area contributed by atoms with Crippen molar-refractivity contribution in [3.63, 3.8) is 0 Å². The monoisotopic (exact) mass is 419 g/mol. The highest BCUT2D eigenvalue weighted by Gasteiger charge is 2.22. The van der Waals surface area contributed by atoms with Crippen LogP contribution in [0.3, 0.4) is 0 Å². The van der Waals surface area contributed by atoms with Crippen LogP contribution in [0.25, 0.3) is 17.1 Å². The Labute approximate surface area is 178 Å². The number of hydrogen-bond donors (Lipinski definition) is 0. The predicted molar refractivity (Wildman–Crippen MR) is 116 cm³/mol. The van der Waals surface area contributed by atoms with Crippen molar-refractivity contribution in [3.8, 4) is 22.8 Å². The Morgan fingerprint density at radius 2 is 1.83 bits per heavy atom. The Hall–Kier alpha value is -3.46. The van der Waals surface area contributed by atoms with Gasteiger partial charge in [0.25, 0.3) is 0 Å². The molecule has 30 heavy (non-hydrogen) atoms. The van der Waals surface area contributed by atoms with Crippen LogP contribution in [-0.2, 0) is 6.54 Å². The van der Waals surface area contributed by atoms with Gasteiger partial charge in [0.2, 0.25) is 0 Å². The fourth-order valence-electron chi connectivity index (χ4n) is 3.11. The molecular weight excluding hydrogens is 398 g/mol. The molecule has 4 rings (SSSR count). The molecule has 152 valence electrons. The highest BCUT2D eigenvalue weighted by Crippen LogP contribution is 2.36. The number of ether oxygens (including phenoxy) is 1. The lowest BCUT2D eigenvalue weighted by molar-refractivity contribution is 0.416. The van der Waals surface area contributed by atoms with E-state index in [1.54, 1.807) is 23.6 Å². The molecule has 0 spiro atoms. The van der Waals surface area contributed by atoms with E-state index in [0.717, 1.165) is 33.8 Å². The van der Waals surface area contributed by atoms with Crippen molar-refractivity contribution in [1.82, 2.24) is 35.0 Å². The van der Waals surface area contributed by atoms with Gasteiger partial charge in [-0.25, -0.2) is 0 Å². The lowest BCUT2D eigenvalue weighted by Crippen LogP contribution is -2.07. The zero-order valence-electron chi connectivity index (χ0n) is 16.7. The van der Waals surface area contributed by atoms with E-state index in [1.807, 2.05) is 72.2 Å². The number of para-hydroxylation sites is 2. The van der Waals surface area contributed by atoms with Crippen LogP contribution in [0.1, 0.15) is 18.0 Å². The lowest BCUT2D eigenvalue weighted by Gasteiger charge is -2.13. The highest BCUT2D eigenvalue weighted by atomic mass is 32.2. The summed E-state index contributed by atoms with van der Waals surface area (Å²) in [5.74, 6) is 2.20. The average Bonchev–Trinajstić information content (AvgIpc) is 3.42. The summed E-state index contributed by atoms with van der Waals surface area (Å²) >= 11 is 1.54. The third-order valence-corrected chi connectivity index (χ3v) is 5.59. The van der Waals surface area contributed by atoms with Gasteiger partial charge in [-0.1, -0.05) is 48.2 Å². The third-order valence-electron chi connectivity index (χ3n) is 4.52. The van der Waals surface area contributed by atoms with Gasteiger partial charge in [0.15, 0.2) is 16.8 Å². The molecule has 8 nitrogen and oxygen atoms in total. The molecule has 9 heteroatoms. The summed E-state index contributed by atoms with van der Waals surface area (Å²) in [5, 5.41) is 21.8. The van der Waals surface area contributed by atoms with Gasteiger partial charge in [0.05, 0.1) is 23.6 Å². The first kappa shape index (κ1) is 19.8. The molecule has 1 unspecified atom stereocenters. The van der Waals surface area contributed by atoms with Crippen LogP contribution in [0.5, 0.6) is 5.75 Å². The second kappa shape index (κ2) is 8.91. The SMILES string of the molecule is C=CCn1c(SC(C)c2nnnn2-c2ccccc2)nnc1-c1ccccc1OC. The minimum Gasteiger partial charge on any atom is -0.496 e. The number of tetrazole rings is 1. The Morgan fingerprint density at radius 3 is 2.60 bits per heavy atom. The van der Waals surface area contributed by atoms with Crippen LogP contribution in [-0.4, -0.2) is 42.1 Å². The summed E-state index contributed by atoms with van der Waals surface area (Å²) in [6.07, 6.45) is 1.82. The standard InChI is InChI=1S/C21H21N7OS/c1-4-14-27-20(17-12-8-9-13-18(17)29-3)22-24-21(27)30-15(2)19-23-25-26-28(19)16-10-6-5-7-11-16/h4-13,15H,1,14H2,2-3H3. The van der Waals surface area contributed by atoms with Gasteiger partial charge < -0.3 is 4.74 Å². The zero-order valence-corrected chi connectivity index (χ0v) is 17.5. The molecule has 0 aliphatic rings. The average molecular weight is 420 g/mol. The van der Waals surface area contributed by atoms with Gasteiger partial charge in [-0.05, 0) is 41.6 Å². The molecular formula is C21H21N7OS. The van der Waals surface area contributed by atoms with Crippen LogP contribution in [0.15, 0.2) is 72.4 Å². The first-order valence-corrected chi connectivity index (χ1v) is 10.3. The molecule has 0 radical (unpaired) electrons. The smallest absolute Gasteiger partial charge is 0.192 e. The number of hydrogen-bond acceptors (Lipinski definition) is 7. The Balaban J connectivity index is 1.67. The molecule has 0 bridgehead atoms. The van der Waals surface area contributed by atoms with Crippen molar-refractivity contribution in [1.29, 1.82) is 0 Å². The maximum Gasteiger partial charge on any atom is 0.192 e. The Bertz CT molecular complexity index is 1140. The zero-order chi connectivity index (χ0) is 20.9. The van der Waals surface area contributed by atoms with Crippen LogP contribution >= 0.6 is 11.8 Å². The third kappa shape index (κ3) is 3.84. The summed E-state index contributed by atoms with van der Waals surface area (Å²) in [6.45, 7) is 6.50. The first-order valence-electron chi connectivity index (χ1n) is 9.40.